The number of hydrogen-bond donors (Lipinski definition) is 3. The minimum absolute atomic E-state index is 0.481. The molecule has 1 fully saturated rings. The molecule has 0 bridgehead atoms. The second-order valence-corrected chi connectivity index (χ2v) is 5.06. The van der Waals surface area contributed by atoms with Gasteiger partial charge >= 0.3 is 6.09 Å². The molecule has 0 aromatic carbocycles. The van der Waals surface area contributed by atoms with Gasteiger partial charge in [-0.2, -0.15) is 0 Å². The zero-order valence-electron chi connectivity index (χ0n) is 11.0. The number of nitrogens with zero attached hydrogens (tertiary/aromatic N) is 3. The van der Waals surface area contributed by atoms with Crippen molar-refractivity contribution in [3.05, 3.63) is 18.6 Å². The molecule has 1 aliphatic heterocycles. The van der Waals surface area contributed by atoms with Crippen LogP contribution < -0.4 is 5.32 Å². The molecule has 3 heterocycles. The number of aromatic nitrogens is 3. The number of amides is 1. The largest absolute Gasteiger partial charge is 0.465 e. The van der Waals surface area contributed by atoms with Gasteiger partial charge in [-0.15, -0.1) is 0 Å². The molecule has 2 aromatic heterocycles. The first-order valence-electron chi connectivity index (χ1n) is 6.74. The molecule has 7 heteroatoms. The molecule has 1 saturated heterocycles. The fourth-order valence-corrected chi connectivity index (χ4v) is 2.58. The summed E-state index contributed by atoms with van der Waals surface area (Å²) in [7, 11) is 0. The van der Waals surface area contributed by atoms with E-state index in [1.807, 2.05) is 12.3 Å². The molecule has 0 radical (unpaired) electrons. The Morgan fingerprint density at radius 1 is 1.45 bits per heavy atom. The molecule has 0 saturated carbocycles. The zero-order valence-corrected chi connectivity index (χ0v) is 11.0. The Hall–Kier alpha value is -2.31. The standard InChI is InChI=1S/C13H17N5O2/c19-13(20)18-5-2-9(3-6-18)7-15-12-10-1-4-14-11(10)16-8-17-12/h1,4,8-9H,2-3,5-7H2,(H,19,20)(H2,14,15,16,17). The van der Waals surface area contributed by atoms with Crippen molar-refractivity contribution in [2.75, 3.05) is 25.0 Å². The van der Waals surface area contributed by atoms with Crippen molar-refractivity contribution in [1.82, 2.24) is 19.9 Å². The number of carbonyl (C=O) groups is 1. The molecular weight excluding hydrogens is 258 g/mol. The summed E-state index contributed by atoms with van der Waals surface area (Å²) in [6, 6.07) is 1.95. The smallest absolute Gasteiger partial charge is 0.407 e. The lowest BCUT2D eigenvalue weighted by Gasteiger charge is -2.30. The van der Waals surface area contributed by atoms with E-state index in [0.29, 0.717) is 19.0 Å². The van der Waals surface area contributed by atoms with E-state index in [9.17, 15) is 4.79 Å². The van der Waals surface area contributed by atoms with Crippen molar-refractivity contribution in [1.29, 1.82) is 0 Å². The number of likely N-dealkylation sites (tertiary alicyclic amines) is 1. The van der Waals surface area contributed by atoms with Crippen LogP contribution in [0.5, 0.6) is 0 Å². The summed E-state index contributed by atoms with van der Waals surface area (Å²) >= 11 is 0. The van der Waals surface area contributed by atoms with Crippen LogP contribution in [0.2, 0.25) is 0 Å². The highest BCUT2D eigenvalue weighted by Gasteiger charge is 2.22. The minimum Gasteiger partial charge on any atom is -0.465 e. The van der Waals surface area contributed by atoms with Gasteiger partial charge < -0.3 is 20.3 Å². The summed E-state index contributed by atoms with van der Waals surface area (Å²) in [4.78, 5) is 23.8. The number of anilines is 1. The average Bonchev–Trinajstić information content (AvgIpc) is 2.94. The average molecular weight is 275 g/mol. The van der Waals surface area contributed by atoms with Crippen LogP contribution in [0, 0.1) is 5.92 Å². The van der Waals surface area contributed by atoms with E-state index in [-0.39, 0.29) is 0 Å². The summed E-state index contributed by atoms with van der Waals surface area (Å²) < 4.78 is 0. The summed E-state index contributed by atoms with van der Waals surface area (Å²) in [5.41, 5.74) is 0.822. The highest BCUT2D eigenvalue weighted by atomic mass is 16.4. The van der Waals surface area contributed by atoms with E-state index in [1.54, 1.807) is 0 Å². The summed E-state index contributed by atoms with van der Waals surface area (Å²) in [5, 5.41) is 13.2. The monoisotopic (exact) mass is 275 g/mol. The van der Waals surface area contributed by atoms with Crippen LogP contribution in [0.4, 0.5) is 10.6 Å². The van der Waals surface area contributed by atoms with Gasteiger partial charge in [0.1, 0.15) is 17.8 Å². The molecule has 0 aliphatic carbocycles. The lowest BCUT2D eigenvalue weighted by atomic mass is 9.97. The van der Waals surface area contributed by atoms with Crippen LogP contribution in [-0.4, -0.2) is 50.7 Å². The van der Waals surface area contributed by atoms with Crippen molar-refractivity contribution < 1.29 is 9.90 Å². The number of rotatable bonds is 3. The molecule has 1 amide bonds. The maximum atomic E-state index is 10.8. The SMILES string of the molecule is O=C(O)N1CCC(CNc2ncnc3[nH]ccc23)CC1. The van der Waals surface area contributed by atoms with Crippen LogP contribution in [0.3, 0.4) is 0 Å². The Kier molecular flexibility index (Phi) is 3.41. The Labute approximate surface area is 116 Å². The van der Waals surface area contributed by atoms with E-state index in [4.69, 9.17) is 5.11 Å². The van der Waals surface area contributed by atoms with Gasteiger partial charge in [0, 0.05) is 25.8 Å². The topological polar surface area (TPSA) is 94.1 Å². The number of fused-ring (bicyclic) bond motifs is 1. The first-order valence-corrected chi connectivity index (χ1v) is 6.74. The number of piperidine rings is 1. The van der Waals surface area contributed by atoms with Gasteiger partial charge in [-0.3, -0.25) is 0 Å². The molecule has 1 aliphatic rings. The molecule has 7 nitrogen and oxygen atoms in total. The van der Waals surface area contributed by atoms with Gasteiger partial charge in [0.05, 0.1) is 5.39 Å². The Morgan fingerprint density at radius 3 is 3.00 bits per heavy atom. The fraction of sp³-hybridized carbons (Fsp3) is 0.462. The van der Waals surface area contributed by atoms with E-state index in [0.717, 1.165) is 36.2 Å². The summed E-state index contributed by atoms with van der Waals surface area (Å²) in [5.74, 6) is 1.31. The van der Waals surface area contributed by atoms with Crippen LogP contribution >= 0.6 is 0 Å². The number of nitrogens with one attached hydrogen (secondary N) is 2. The van der Waals surface area contributed by atoms with E-state index in [1.165, 1.54) is 11.2 Å². The van der Waals surface area contributed by atoms with Gasteiger partial charge in [-0.05, 0) is 24.8 Å². The normalized spacial score (nSPS) is 16.5. The molecule has 3 N–H and O–H groups in total. The van der Waals surface area contributed by atoms with Gasteiger partial charge in [0.15, 0.2) is 0 Å². The second kappa shape index (κ2) is 5.36. The maximum Gasteiger partial charge on any atom is 0.407 e. The van der Waals surface area contributed by atoms with Crippen molar-refractivity contribution in [2.24, 2.45) is 5.92 Å². The molecule has 3 rings (SSSR count). The van der Waals surface area contributed by atoms with Crippen molar-refractivity contribution in [3.63, 3.8) is 0 Å². The number of aromatic amines is 1. The maximum absolute atomic E-state index is 10.8. The predicted octanol–water partition coefficient (Wildman–Crippen LogP) is 1.76. The van der Waals surface area contributed by atoms with Crippen LogP contribution in [0.1, 0.15) is 12.8 Å². The first-order chi connectivity index (χ1) is 9.74. The summed E-state index contributed by atoms with van der Waals surface area (Å²) in [6.07, 6.45) is 4.34. The highest BCUT2D eigenvalue weighted by Crippen LogP contribution is 2.21. The zero-order chi connectivity index (χ0) is 13.9. The third-order valence-corrected chi connectivity index (χ3v) is 3.80. The molecule has 2 aromatic rings. The molecule has 0 atom stereocenters. The number of hydrogen-bond acceptors (Lipinski definition) is 4. The Morgan fingerprint density at radius 2 is 2.25 bits per heavy atom. The molecule has 106 valence electrons. The van der Waals surface area contributed by atoms with E-state index >= 15 is 0 Å². The van der Waals surface area contributed by atoms with Crippen molar-refractivity contribution in [2.45, 2.75) is 12.8 Å². The van der Waals surface area contributed by atoms with E-state index < -0.39 is 6.09 Å². The number of carboxylic acid groups (broad SMARTS) is 1. The van der Waals surface area contributed by atoms with Crippen LogP contribution in [0.15, 0.2) is 18.6 Å². The van der Waals surface area contributed by atoms with Gasteiger partial charge in [0.25, 0.3) is 0 Å². The van der Waals surface area contributed by atoms with Crippen LogP contribution in [0.25, 0.3) is 11.0 Å². The summed E-state index contributed by atoms with van der Waals surface area (Å²) in [6.45, 7) is 2.04. The third-order valence-electron chi connectivity index (χ3n) is 3.80. The first kappa shape index (κ1) is 12.7. The molecule has 0 unspecified atom stereocenters. The van der Waals surface area contributed by atoms with Gasteiger partial charge in [0.2, 0.25) is 0 Å². The van der Waals surface area contributed by atoms with Crippen molar-refractivity contribution >= 4 is 22.9 Å². The Bertz CT molecular complexity index is 604. The third kappa shape index (κ3) is 2.52. The van der Waals surface area contributed by atoms with Crippen LogP contribution in [-0.2, 0) is 0 Å². The number of H-pyrrole nitrogens is 1. The second-order valence-electron chi connectivity index (χ2n) is 5.06. The molecule has 20 heavy (non-hydrogen) atoms. The lowest BCUT2D eigenvalue weighted by molar-refractivity contribution is 0.126. The lowest BCUT2D eigenvalue weighted by Crippen LogP contribution is -2.39. The fourth-order valence-electron chi connectivity index (χ4n) is 2.58. The molecule has 0 spiro atoms. The predicted molar refractivity (Wildman–Crippen MR) is 74.7 cm³/mol. The highest BCUT2D eigenvalue weighted by molar-refractivity contribution is 5.86. The quantitative estimate of drug-likeness (QED) is 0.793. The Balaban J connectivity index is 1.58. The van der Waals surface area contributed by atoms with E-state index in [2.05, 4.69) is 20.3 Å². The minimum atomic E-state index is -0.818. The van der Waals surface area contributed by atoms with Crippen molar-refractivity contribution in [3.8, 4) is 0 Å². The van der Waals surface area contributed by atoms with Gasteiger partial charge in [-0.25, -0.2) is 14.8 Å². The van der Waals surface area contributed by atoms with Gasteiger partial charge in [-0.1, -0.05) is 0 Å². The molecular formula is C13H17N5O2.